The number of carbonyl (C=O) groups is 3. The summed E-state index contributed by atoms with van der Waals surface area (Å²) in [6, 6.07) is 22.8. The number of aromatic hydroxyl groups is 2. The highest BCUT2D eigenvalue weighted by atomic mass is 16.5. The number of ether oxygens (including phenoxy) is 2. The van der Waals surface area contributed by atoms with Crippen LogP contribution in [0.3, 0.4) is 0 Å². The van der Waals surface area contributed by atoms with Crippen LogP contribution < -0.4 is 0 Å². The van der Waals surface area contributed by atoms with Crippen LogP contribution in [0.2, 0.25) is 0 Å². The molecule has 0 amide bonds. The van der Waals surface area contributed by atoms with Crippen molar-refractivity contribution in [3.8, 4) is 22.9 Å². The minimum Gasteiger partial charge on any atom is -0.505 e. The third kappa shape index (κ3) is 8.29. The number of allylic oxidation sites excluding steroid dienone is 5. The van der Waals surface area contributed by atoms with Gasteiger partial charge in [0.25, 0.3) is 0 Å². The van der Waals surface area contributed by atoms with Crippen molar-refractivity contribution in [2.24, 2.45) is 11.8 Å². The molecule has 332 valence electrons. The van der Waals surface area contributed by atoms with E-state index in [0.717, 1.165) is 56.2 Å². The fourth-order valence-electron chi connectivity index (χ4n) is 8.84. The minimum absolute atomic E-state index is 0.0574. The van der Waals surface area contributed by atoms with Gasteiger partial charge in [-0.05, 0) is 73.0 Å². The Bertz CT molecular complexity index is 3050. The topological polar surface area (TPSA) is 178 Å². The quantitative estimate of drug-likeness (QED) is 0.0475. The van der Waals surface area contributed by atoms with Crippen molar-refractivity contribution < 1.29 is 34.1 Å². The van der Waals surface area contributed by atoms with Gasteiger partial charge >= 0.3 is 11.9 Å². The van der Waals surface area contributed by atoms with Gasteiger partial charge in [-0.3, -0.25) is 4.79 Å². The largest absolute Gasteiger partial charge is 0.505 e. The Morgan fingerprint density at radius 3 is 1.41 bits per heavy atom. The summed E-state index contributed by atoms with van der Waals surface area (Å²) in [7, 11) is 2.44. The Morgan fingerprint density at radius 1 is 0.606 bits per heavy atom. The Hall–Kier alpha value is -8.33. The molecule has 15 nitrogen and oxygen atoms in total. The van der Waals surface area contributed by atoms with Crippen LogP contribution in [-0.2, 0) is 36.9 Å². The molecule has 0 bridgehead atoms. The van der Waals surface area contributed by atoms with Crippen LogP contribution in [-0.4, -0.2) is 94.5 Å². The third-order valence-electron chi connectivity index (χ3n) is 12.0. The minimum atomic E-state index is -0.766. The van der Waals surface area contributed by atoms with E-state index in [1.165, 1.54) is 29.9 Å². The van der Waals surface area contributed by atoms with E-state index in [9.17, 15) is 24.6 Å². The first-order chi connectivity index (χ1) is 32.0. The fraction of sp³-hybridized carbons (Fsp3) is 0.196. The maximum Gasteiger partial charge on any atom is 0.345 e. The zero-order valence-corrected chi connectivity index (χ0v) is 36.6. The van der Waals surface area contributed by atoms with Crippen LogP contribution in [0.1, 0.15) is 22.3 Å². The molecule has 4 unspecified atom stereocenters. The summed E-state index contributed by atoms with van der Waals surface area (Å²) in [5.74, 6) is -1.34. The van der Waals surface area contributed by atoms with Crippen molar-refractivity contribution in [2.75, 3.05) is 14.2 Å². The molecule has 4 aliphatic rings. The monoisotopic (exact) mass is 882 g/mol. The number of phenolic OH excluding ortho intramolecular Hbond substituents is 2. The second-order valence-corrected chi connectivity index (χ2v) is 16.4. The van der Waals surface area contributed by atoms with Crippen molar-refractivity contribution in [3.05, 3.63) is 179 Å². The lowest BCUT2D eigenvalue weighted by molar-refractivity contribution is -0.144. The molecule has 0 saturated carbocycles. The van der Waals surface area contributed by atoms with Gasteiger partial charge in [-0.25, -0.2) is 9.59 Å². The SMILES string of the molecule is COC(=O)C(=CC1=CN(Cc2cc(C)cc(-n3nc4ccccc4n3)c2O)C2C=CC=CC12)C(=O)OC.Cc1cc(CN2C=C(C=O)C3C=CC=CC32)c(O)c(-n2nc3ccccc3n2)c1. The first-order valence-corrected chi connectivity index (χ1v) is 21.3. The number of benzene rings is 4. The van der Waals surface area contributed by atoms with Gasteiger partial charge < -0.3 is 29.5 Å². The zero-order chi connectivity index (χ0) is 46.1. The molecule has 0 spiro atoms. The average molecular weight is 883 g/mol. The number of hydrogen-bond donors (Lipinski definition) is 2. The zero-order valence-electron chi connectivity index (χ0n) is 36.6. The van der Waals surface area contributed by atoms with Crippen molar-refractivity contribution in [1.29, 1.82) is 0 Å². The summed E-state index contributed by atoms with van der Waals surface area (Å²) in [5, 5.41) is 40.3. The number of nitrogens with zero attached hydrogens (tertiary/aromatic N) is 8. The van der Waals surface area contributed by atoms with Gasteiger partial charge in [-0.15, -0.1) is 30.0 Å². The summed E-state index contributed by atoms with van der Waals surface area (Å²) in [6.45, 7) is 4.80. The molecule has 66 heavy (non-hydrogen) atoms. The number of methoxy groups -OCH3 is 2. The maximum atomic E-state index is 12.2. The Kier molecular flexibility index (Phi) is 11.7. The van der Waals surface area contributed by atoms with Crippen LogP contribution in [0.5, 0.6) is 11.5 Å². The molecule has 4 heterocycles. The highest BCUT2D eigenvalue weighted by Crippen LogP contribution is 2.39. The number of aryl methyl sites for hydroxylation is 2. The van der Waals surface area contributed by atoms with Crippen LogP contribution in [0.25, 0.3) is 33.4 Å². The number of phenols is 2. The predicted octanol–water partition coefficient (Wildman–Crippen LogP) is 6.96. The number of rotatable bonds is 10. The second-order valence-electron chi connectivity index (χ2n) is 16.4. The van der Waals surface area contributed by atoms with Crippen LogP contribution >= 0.6 is 0 Å². The molecule has 0 fully saturated rings. The van der Waals surface area contributed by atoms with Crippen molar-refractivity contribution in [2.45, 2.75) is 39.0 Å². The fourth-order valence-corrected chi connectivity index (χ4v) is 8.84. The Balaban J connectivity index is 0.000000171. The first-order valence-electron chi connectivity index (χ1n) is 21.3. The molecule has 2 aliphatic heterocycles. The van der Waals surface area contributed by atoms with Gasteiger partial charge in [0.15, 0.2) is 0 Å². The van der Waals surface area contributed by atoms with Gasteiger partial charge in [0, 0.05) is 54.0 Å². The van der Waals surface area contributed by atoms with Gasteiger partial charge in [-0.2, -0.15) is 0 Å². The smallest absolute Gasteiger partial charge is 0.345 e. The number of hydrogen-bond acceptors (Lipinski definition) is 13. The molecule has 2 aromatic heterocycles. The molecular formula is C51H46N8O7. The van der Waals surface area contributed by atoms with Crippen LogP contribution in [0, 0.1) is 25.7 Å². The molecule has 2 N–H and O–H groups in total. The standard InChI is InChI=1S/C28H26N4O5.C23H20N4O2/c1-17-12-19(26(33)25(13-17)32-29-22-9-5-6-10-23(22)30-32)16-31-15-18(20-8-4-7-11-24(20)31)14-21(27(34)36-2)28(35)37-3;1-15-10-16(12-26-13-17(14-28)18-6-2-5-9-21(18)26)23(29)22(11-15)27-24-19-7-3-4-8-20(19)25-27/h4-15,20,24,33H,16H2,1-3H3;2-11,13-14,18,21,29H,12H2,1H3. The molecular weight excluding hydrogens is 837 g/mol. The molecule has 2 aliphatic carbocycles. The highest BCUT2D eigenvalue weighted by Gasteiger charge is 2.35. The van der Waals surface area contributed by atoms with Gasteiger partial charge in [-0.1, -0.05) is 85.0 Å². The highest BCUT2D eigenvalue weighted by molar-refractivity contribution is 6.14. The van der Waals surface area contributed by atoms with E-state index < -0.39 is 11.9 Å². The van der Waals surface area contributed by atoms with E-state index in [4.69, 9.17) is 9.47 Å². The van der Waals surface area contributed by atoms with Gasteiger partial charge in [0.05, 0.1) is 26.3 Å². The molecule has 15 heteroatoms. The normalized spacial score (nSPS) is 18.9. The van der Waals surface area contributed by atoms with Crippen molar-refractivity contribution >= 4 is 40.3 Å². The third-order valence-corrected chi connectivity index (χ3v) is 12.0. The van der Waals surface area contributed by atoms with E-state index >= 15 is 0 Å². The molecule has 4 aromatic carbocycles. The summed E-state index contributed by atoms with van der Waals surface area (Å²) in [6.07, 6.45) is 22.3. The maximum absolute atomic E-state index is 12.2. The summed E-state index contributed by atoms with van der Waals surface area (Å²) in [5.41, 5.74) is 8.79. The lowest BCUT2D eigenvalue weighted by atomic mass is 9.90. The average Bonchev–Trinajstić information content (AvgIpc) is 4.13. The lowest BCUT2D eigenvalue weighted by Crippen LogP contribution is -2.30. The lowest BCUT2D eigenvalue weighted by Gasteiger charge is -2.28. The van der Waals surface area contributed by atoms with Gasteiger partial charge in [0.2, 0.25) is 0 Å². The van der Waals surface area contributed by atoms with E-state index in [-0.39, 0.29) is 41.0 Å². The molecule has 10 rings (SSSR count). The predicted molar refractivity (Wildman–Crippen MR) is 247 cm³/mol. The Morgan fingerprint density at radius 2 is 1.00 bits per heavy atom. The first kappa shape index (κ1) is 42.9. The number of carbonyl (C=O) groups excluding carboxylic acids is 3. The van der Waals surface area contributed by atoms with Crippen LogP contribution in [0.15, 0.2) is 157 Å². The van der Waals surface area contributed by atoms with E-state index in [1.54, 1.807) is 0 Å². The number of fused-ring (bicyclic) bond motifs is 4. The second kappa shape index (κ2) is 18.0. The Labute approximate surface area is 379 Å². The number of aromatic nitrogens is 6. The van der Waals surface area contributed by atoms with Crippen molar-refractivity contribution in [3.63, 3.8) is 0 Å². The molecule has 4 atom stereocenters. The summed E-state index contributed by atoms with van der Waals surface area (Å²) < 4.78 is 9.56. The molecule has 6 aromatic rings. The number of esters is 2. The van der Waals surface area contributed by atoms with Crippen LogP contribution in [0.4, 0.5) is 0 Å². The van der Waals surface area contributed by atoms with E-state index in [1.807, 2.05) is 142 Å². The molecule has 0 saturated heterocycles. The van der Waals surface area contributed by atoms with E-state index in [0.29, 0.717) is 30.0 Å². The van der Waals surface area contributed by atoms with Gasteiger partial charge in [0.1, 0.15) is 56.8 Å². The van der Waals surface area contributed by atoms with Crippen molar-refractivity contribution in [1.82, 2.24) is 39.8 Å². The summed E-state index contributed by atoms with van der Waals surface area (Å²) in [4.78, 5) is 43.1. The molecule has 0 radical (unpaired) electrons. The van der Waals surface area contributed by atoms with E-state index in [2.05, 4.69) is 36.3 Å². The number of aldehydes is 1. The summed E-state index contributed by atoms with van der Waals surface area (Å²) >= 11 is 0.